The summed E-state index contributed by atoms with van der Waals surface area (Å²) < 4.78 is 10.2. The van der Waals surface area contributed by atoms with Crippen LogP contribution in [0.5, 0.6) is 0 Å². The first-order chi connectivity index (χ1) is 11.2. The Morgan fingerprint density at radius 3 is 3.13 bits per heavy atom. The molecule has 118 valence electrons. The van der Waals surface area contributed by atoms with Crippen molar-refractivity contribution in [2.24, 2.45) is 0 Å². The molecule has 2 heterocycles. The van der Waals surface area contributed by atoms with Crippen LogP contribution in [0.4, 0.5) is 5.69 Å². The monoisotopic (exact) mass is 347 g/mol. The van der Waals surface area contributed by atoms with Crippen LogP contribution in [0.2, 0.25) is 0 Å². The summed E-state index contributed by atoms with van der Waals surface area (Å²) in [6.45, 7) is 1.84. The first kappa shape index (κ1) is 14.5. The van der Waals surface area contributed by atoms with Crippen LogP contribution in [0.15, 0.2) is 23.4 Å². The number of aromatic nitrogens is 6. The lowest BCUT2D eigenvalue weighted by Crippen LogP contribution is -2.23. The molecule has 1 fully saturated rings. The second kappa shape index (κ2) is 5.85. The number of tetrazole rings is 1. The number of benzene rings is 1. The van der Waals surface area contributed by atoms with Gasteiger partial charge in [-0.15, -0.1) is 5.10 Å². The average molecular weight is 347 g/mol. The van der Waals surface area contributed by atoms with E-state index in [9.17, 15) is 4.79 Å². The topological polar surface area (TPSA) is 98.5 Å². The SMILES string of the molecule is CC(Sc1nnnn1C1CC1)C(=O)Nc1cccc2nsnc12. The summed E-state index contributed by atoms with van der Waals surface area (Å²) in [6, 6.07) is 5.94. The molecule has 1 aliphatic rings. The van der Waals surface area contributed by atoms with E-state index in [1.54, 1.807) is 4.68 Å². The third-order valence-corrected chi connectivity index (χ3v) is 5.14. The molecule has 1 atom stereocenters. The molecule has 3 aromatic rings. The molecule has 1 aromatic carbocycles. The first-order valence-corrected chi connectivity index (χ1v) is 8.80. The summed E-state index contributed by atoms with van der Waals surface area (Å²) in [5.74, 6) is -0.110. The van der Waals surface area contributed by atoms with Crippen molar-refractivity contribution >= 4 is 46.1 Å². The van der Waals surface area contributed by atoms with Gasteiger partial charge in [0, 0.05) is 0 Å². The maximum atomic E-state index is 12.4. The highest BCUT2D eigenvalue weighted by molar-refractivity contribution is 8.00. The number of thioether (sulfide) groups is 1. The van der Waals surface area contributed by atoms with E-state index in [4.69, 9.17) is 0 Å². The van der Waals surface area contributed by atoms with Gasteiger partial charge < -0.3 is 5.32 Å². The molecular weight excluding hydrogens is 334 g/mol. The number of nitrogens with zero attached hydrogens (tertiary/aromatic N) is 6. The second-order valence-corrected chi connectivity index (χ2v) is 7.16. The van der Waals surface area contributed by atoms with E-state index < -0.39 is 0 Å². The Labute approximate surface area is 140 Å². The fraction of sp³-hybridized carbons (Fsp3) is 0.385. The maximum Gasteiger partial charge on any atom is 0.237 e. The molecule has 4 rings (SSSR count). The zero-order valence-electron chi connectivity index (χ0n) is 12.2. The van der Waals surface area contributed by atoms with Gasteiger partial charge in [-0.1, -0.05) is 17.8 Å². The summed E-state index contributed by atoms with van der Waals surface area (Å²) in [6.07, 6.45) is 2.19. The molecule has 8 nitrogen and oxygen atoms in total. The van der Waals surface area contributed by atoms with E-state index >= 15 is 0 Å². The molecule has 1 amide bonds. The minimum absolute atomic E-state index is 0.110. The number of fused-ring (bicyclic) bond motifs is 1. The second-order valence-electron chi connectivity index (χ2n) is 5.32. The van der Waals surface area contributed by atoms with E-state index in [1.165, 1.54) is 11.8 Å². The van der Waals surface area contributed by atoms with Crippen LogP contribution in [0, 0.1) is 0 Å². The summed E-state index contributed by atoms with van der Waals surface area (Å²) >= 11 is 2.49. The lowest BCUT2D eigenvalue weighted by Gasteiger charge is -2.11. The highest BCUT2D eigenvalue weighted by Gasteiger charge is 2.29. The zero-order chi connectivity index (χ0) is 15.8. The van der Waals surface area contributed by atoms with Crippen molar-refractivity contribution in [1.29, 1.82) is 0 Å². The van der Waals surface area contributed by atoms with Crippen molar-refractivity contribution in [2.75, 3.05) is 5.32 Å². The number of hydrogen-bond acceptors (Lipinski definition) is 8. The van der Waals surface area contributed by atoms with Crippen LogP contribution in [0.3, 0.4) is 0 Å². The Kier molecular flexibility index (Phi) is 3.69. The molecule has 1 aliphatic carbocycles. The van der Waals surface area contributed by atoms with Gasteiger partial charge in [-0.05, 0) is 42.3 Å². The van der Waals surface area contributed by atoms with E-state index in [0.717, 1.165) is 30.1 Å². The summed E-state index contributed by atoms with van der Waals surface area (Å²) in [5, 5.41) is 15.0. The number of rotatable bonds is 5. The van der Waals surface area contributed by atoms with Crippen molar-refractivity contribution in [1.82, 2.24) is 29.0 Å². The minimum atomic E-state index is -0.319. The molecule has 0 spiro atoms. The lowest BCUT2D eigenvalue weighted by atomic mass is 10.2. The number of anilines is 1. The summed E-state index contributed by atoms with van der Waals surface area (Å²) in [7, 11) is 0. The third-order valence-electron chi connectivity index (χ3n) is 3.55. The average Bonchev–Trinajstić information content (AvgIpc) is 3.09. The van der Waals surface area contributed by atoms with Gasteiger partial charge in [-0.25, -0.2) is 4.68 Å². The number of hydrogen-bond donors (Lipinski definition) is 1. The number of amides is 1. The minimum Gasteiger partial charge on any atom is -0.323 e. The van der Waals surface area contributed by atoms with E-state index in [-0.39, 0.29) is 11.2 Å². The highest BCUT2D eigenvalue weighted by Crippen LogP contribution is 2.37. The molecular formula is C13H13N7OS2. The largest absolute Gasteiger partial charge is 0.323 e. The molecule has 1 saturated carbocycles. The zero-order valence-corrected chi connectivity index (χ0v) is 13.8. The Hall–Kier alpha value is -2.07. The van der Waals surface area contributed by atoms with Gasteiger partial charge in [0.25, 0.3) is 0 Å². The Morgan fingerprint density at radius 2 is 2.30 bits per heavy atom. The fourth-order valence-electron chi connectivity index (χ4n) is 2.16. The van der Waals surface area contributed by atoms with Crippen LogP contribution in [-0.4, -0.2) is 40.1 Å². The van der Waals surface area contributed by atoms with E-state index in [2.05, 4.69) is 29.6 Å². The Morgan fingerprint density at radius 1 is 1.43 bits per heavy atom. The predicted octanol–water partition coefficient (Wildman–Crippen LogP) is 2.13. The molecule has 10 heteroatoms. The van der Waals surface area contributed by atoms with Gasteiger partial charge in [-0.2, -0.15) is 8.75 Å². The Bertz CT molecular complexity index is 857. The van der Waals surface area contributed by atoms with E-state index in [1.807, 2.05) is 25.1 Å². The molecule has 0 aliphatic heterocycles. The van der Waals surface area contributed by atoms with Crippen molar-refractivity contribution in [3.63, 3.8) is 0 Å². The number of nitrogens with one attached hydrogen (secondary N) is 1. The van der Waals surface area contributed by atoms with Crippen molar-refractivity contribution in [3.05, 3.63) is 18.2 Å². The lowest BCUT2D eigenvalue weighted by molar-refractivity contribution is -0.115. The van der Waals surface area contributed by atoms with Gasteiger partial charge in [-0.3, -0.25) is 4.79 Å². The molecule has 0 saturated heterocycles. The molecule has 0 radical (unpaired) electrons. The van der Waals surface area contributed by atoms with Crippen LogP contribution < -0.4 is 5.32 Å². The summed E-state index contributed by atoms with van der Waals surface area (Å²) in [5.41, 5.74) is 2.17. The smallest absolute Gasteiger partial charge is 0.237 e. The van der Waals surface area contributed by atoms with Gasteiger partial charge in [0.1, 0.15) is 11.0 Å². The number of carbonyl (C=O) groups excluding carboxylic acids is 1. The van der Waals surface area contributed by atoms with Crippen molar-refractivity contribution < 1.29 is 4.79 Å². The van der Waals surface area contributed by atoms with Crippen LogP contribution in [-0.2, 0) is 4.79 Å². The van der Waals surface area contributed by atoms with Gasteiger partial charge in [0.2, 0.25) is 11.1 Å². The molecule has 1 N–H and O–H groups in total. The van der Waals surface area contributed by atoms with Crippen LogP contribution in [0.1, 0.15) is 25.8 Å². The normalized spacial score (nSPS) is 15.7. The van der Waals surface area contributed by atoms with Gasteiger partial charge in [0.05, 0.1) is 28.7 Å². The molecule has 23 heavy (non-hydrogen) atoms. The maximum absolute atomic E-state index is 12.4. The predicted molar refractivity (Wildman–Crippen MR) is 87.5 cm³/mol. The van der Waals surface area contributed by atoms with Gasteiger partial charge in [0.15, 0.2) is 0 Å². The first-order valence-electron chi connectivity index (χ1n) is 7.19. The number of carbonyl (C=O) groups is 1. The fourth-order valence-corrected chi connectivity index (χ4v) is 3.57. The molecule has 2 aromatic heterocycles. The quantitative estimate of drug-likeness (QED) is 0.706. The van der Waals surface area contributed by atoms with Crippen LogP contribution in [0.25, 0.3) is 11.0 Å². The Balaban J connectivity index is 1.48. The van der Waals surface area contributed by atoms with Crippen molar-refractivity contribution in [2.45, 2.75) is 36.2 Å². The van der Waals surface area contributed by atoms with Crippen LogP contribution >= 0.6 is 23.5 Å². The van der Waals surface area contributed by atoms with Crippen molar-refractivity contribution in [3.8, 4) is 0 Å². The summed E-state index contributed by atoms with van der Waals surface area (Å²) in [4.78, 5) is 12.4. The van der Waals surface area contributed by atoms with E-state index in [0.29, 0.717) is 22.4 Å². The molecule has 1 unspecified atom stereocenters. The highest BCUT2D eigenvalue weighted by atomic mass is 32.2. The molecule has 0 bridgehead atoms. The van der Waals surface area contributed by atoms with Gasteiger partial charge >= 0.3 is 0 Å². The third kappa shape index (κ3) is 2.91. The standard InChI is InChI=1S/C13H13N7OS2/c1-7(22-13-15-18-19-20(13)8-5-6-8)12(21)14-9-3-2-4-10-11(9)17-23-16-10/h2-4,7-8H,5-6H2,1H3,(H,14,21).